The molecule has 0 aliphatic carbocycles. The van der Waals surface area contributed by atoms with E-state index in [0.717, 1.165) is 24.3 Å². The van der Waals surface area contributed by atoms with Gasteiger partial charge >= 0.3 is 0 Å². The van der Waals surface area contributed by atoms with E-state index in [1.54, 1.807) is 19.4 Å². The molecule has 0 saturated carbocycles. The Hall–Kier alpha value is -2.37. The van der Waals surface area contributed by atoms with Crippen molar-refractivity contribution in [2.45, 2.75) is 12.8 Å². The minimum Gasteiger partial charge on any atom is -0.481 e. The molecule has 20 heavy (non-hydrogen) atoms. The van der Waals surface area contributed by atoms with Crippen LogP contribution in [0.3, 0.4) is 0 Å². The number of rotatable bonds is 3. The second-order valence-corrected chi connectivity index (χ2v) is 4.73. The SMILES string of the molecule is COc1ncccc1-c1cc(N)nc(N2CCCC2)n1. The summed E-state index contributed by atoms with van der Waals surface area (Å²) in [5.74, 6) is 1.68. The Labute approximate surface area is 117 Å². The van der Waals surface area contributed by atoms with Crippen LogP contribution in [0, 0.1) is 0 Å². The molecular formula is C14H17N5O. The second-order valence-electron chi connectivity index (χ2n) is 4.73. The van der Waals surface area contributed by atoms with Crippen molar-refractivity contribution in [3.8, 4) is 17.1 Å². The third kappa shape index (κ3) is 2.36. The van der Waals surface area contributed by atoms with Gasteiger partial charge in [0.05, 0.1) is 18.4 Å². The number of pyridine rings is 1. The quantitative estimate of drug-likeness (QED) is 0.916. The minimum atomic E-state index is 0.461. The lowest BCUT2D eigenvalue weighted by molar-refractivity contribution is 0.399. The van der Waals surface area contributed by atoms with Crippen LogP contribution in [0.1, 0.15) is 12.8 Å². The number of hydrogen-bond donors (Lipinski definition) is 1. The van der Waals surface area contributed by atoms with Crippen LogP contribution in [0.4, 0.5) is 11.8 Å². The van der Waals surface area contributed by atoms with Crippen molar-refractivity contribution >= 4 is 11.8 Å². The standard InChI is InChI=1S/C14H17N5O/c1-20-13-10(5-4-6-16-13)11-9-12(15)18-14(17-11)19-7-2-3-8-19/h4-6,9H,2-3,7-8H2,1H3,(H2,15,17,18). The van der Waals surface area contributed by atoms with Crippen LogP contribution in [0.25, 0.3) is 11.3 Å². The fourth-order valence-corrected chi connectivity index (χ4v) is 2.40. The molecule has 1 fully saturated rings. The molecule has 6 heteroatoms. The van der Waals surface area contributed by atoms with Gasteiger partial charge in [-0.25, -0.2) is 9.97 Å². The summed E-state index contributed by atoms with van der Waals surface area (Å²) in [4.78, 5) is 15.3. The van der Waals surface area contributed by atoms with Crippen LogP contribution >= 0.6 is 0 Å². The molecule has 3 heterocycles. The molecule has 2 N–H and O–H groups in total. The first kappa shape index (κ1) is 12.7. The van der Waals surface area contributed by atoms with Gasteiger partial charge in [0.2, 0.25) is 11.8 Å². The van der Waals surface area contributed by atoms with Gasteiger partial charge in [0.25, 0.3) is 0 Å². The van der Waals surface area contributed by atoms with Crippen molar-refractivity contribution in [2.24, 2.45) is 0 Å². The highest BCUT2D eigenvalue weighted by atomic mass is 16.5. The lowest BCUT2D eigenvalue weighted by Gasteiger charge is -2.16. The van der Waals surface area contributed by atoms with Gasteiger partial charge in [-0.05, 0) is 25.0 Å². The van der Waals surface area contributed by atoms with Crippen molar-refractivity contribution in [1.29, 1.82) is 0 Å². The van der Waals surface area contributed by atoms with Crippen molar-refractivity contribution in [1.82, 2.24) is 15.0 Å². The molecule has 0 radical (unpaired) electrons. The minimum absolute atomic E-state index is 0.461. The van der Waals surface area contributed by atoms with E-state index in [1.165, 1.54) is 12.8 Å². The Morgan fingerprint density at radius 2 is 2.05 bits per heavy atom. The zero-order valence-corrected chi connectivity index (χ0v) is 11.4. The topological polar surface area (TPSA) is 77.2 Å². The predicted octanol–water partition coefficient (Wildman–Crippen LogP) is 1.73. The number of nitrogens with two attached hydrogens (primary N) is 1. The summed E-state index contributed by atoms with van der Waals surface area (Å²) in [5.41, 5.74) is 7.48. The van der Waals surface area contributed by atoms with Crippen LogP contribution in [-0.4, -0.2) is 35.2 Å². The van der Waals surface area contributed by atoms with Gasteiger partial charge in [-0.2, -0.15) is 4.98 Å². The summed E-state index contributed by atoms with van der Waals surface area (Å²) in [6, 6.07) is 5.52. The summed E-state index contributed by atoms with van der Waals surface area (Å²) >= 11 is 0. The van der Waals surface area contributed by atoms with Gasteiger partial charge in [0, 0.05) is 25.4 Å². The van der Waals surface area contributed by atoms with Gasteiger partial charge in [-0.3, -0.25) is 0 Å². The third-order valence-corrected chi connectivity index (χ3v) is 3.36. The van der Waals surface area contributed by atoms with E-state index < -0.39 is 0 Å². The highest BCUT2D eigenvalue weighted by Crippen LogP contribution is 2.28. The molecule has 2 aromatic rings. The molecule has 0 atom stereocenters. The fraction of sp³-hybridized carbons (Fsp3) is 0.357. The highest BCUT2D eigenvalue weighted by molar-refractivity contribution is 5.68. The Balaban J connectivity index is 2.04. The summed E-state index contributed by atoms with van der Waals surface area (Å²) in [7, 11) is 1.60. The van der Waals surface area contributed by atoms with Crippen molar-refractivity contribution in [3.05, 3.63) is 24.4 Å². The van der Waals surface area contributed by atoms with E-state index in [4.69, 9.17) is 10.5 Å². The molecule has 0 bridgehead atoms. The average molecular weight is 271 g/mol. The van der Waals surface area contributed by atoms with Gasteiger partial charge in [0.1, 0.15) is 5.82 Å². The average Bonchev–Trinajstić information content (AvgIpc) is 3.01. The smallest absolute Gasteiger partial charge is 0.227 e. The third-order valence-electron chi connectivity index (χ3n) is 3.36. The van der Waals surface area contributed by atoms with Gasteiger partial charge in [-0.15, -0.1) is 0 Å². The van der Waals surface area contributed by atoms with E-state index in [0.29, 0.717) is 17.6 Å². The van der Waals surface area contributed by atoms with Crippen molar-refractivity contribution in [2.75, 3.05) is 30.8 Å². The summed E-state index contributed by atoms with van der Waals surface area (Å²) in [5, 5.41) is 0. The monoisotopic (exact) mass is 271 g/mol. The van der Waals surface area contributed by atoms with Crippen molar-refractivity contribution in [3.63, 3.8) is 0 Å². The molecule has 1 aliphatic heterocycles. The highest BCUT2D eigenvalue weighted by Gasteiger charge is 2.17. The van der Waals surface area contributed by atoms with E-state index >= 15 is 0 Å². The van der Waals surface area contributed by atoms with Crippen LogP contribution in [0.15, 0.2) is 24.4 Å². The summed E-state index contributed by atoms with van der Waals surface area (Å²) in [6.45, 7) is 1.96. The number of nitrogen functional groups attached to an aromatic ring is 1. The van der Waals surface area contributed by atoms with E-state index in [2.05, 4.69) is 19.9 Å². The predicted molar refractivity (Wildman–Crippen MR) is 77.7 cm³/mol. The zero-order chi connectivity index (χ0) is 13.9. The van der Waals surface area contributed by atoms with Crippen LogP contribution in [0.2, 0.25) is 0 Å². The molecule has 2 aromatic heterocycles. The van der Waals surface area contributed by atoms with E-state index in [-0.39, 0.29) is 0 Å². The van der Waals surface area contributed by atoms with Gasteiger partial charge in [0.15, 0.2) is 0 Å². The molecule has 0 unspecified atom stereocenters. The normalized spacial score (nSPS) is 14.6. The largest absolute Gasteiger partial charge is 0.481 e. The number of hydrogen-bond acceptors (Lipinski definition) is 6. The maximum absolute atomic E-state index is 5.92. The molecule has 1 saturated heterocycles. The first-order valence-electron chi connectivity index (χ1n) is 6.67. The number of anilines is 2. The first-order valence-corrected chi connectivity index (χ1v) is 6.67. The summed E-state index contributed by atoms with van der Waals surface area (Å²) in [6.07, 6.45) is 4.03. The van der Waals surface area contributed by atoms with Gasteiger partial charge < -0.3 is 15.4 Å². The fourth-order valence-electron chi connectivity index (χ4n) is 2.40. The Bertz CT molecular complexity index is 610. The lowest BCUT2D eigenvalue weighted by atomic mass is 10.2. The molecule has 0 spiro atoms. The zero-order valence-electron chi connectivity index (χ0n) is 11.4. The molecule has 0 amide bonds. The van der Waals surface area contributed by atoms with Gasteiger partial charge in [-0.1, -0.05) is 0 Å². The Morgan fingerprint density at radius 1 is 1.25 bits per heavy atom. The van der Waals surface area contributed by atoms with Crippen LogP contribution in [0.5, 0.6) is 5.88 Å². The number of ether oxygens (including phenoxy) is 1. The van der Waals surface area contributed by atoms with Crippen LogP contribution in [-0.2, 0) is 0 Å². The molecular weight excluding hydrogens is 254 g/mol. The maximum Gasteiger partial charge on any atom is 0.227 e. The Morgan fingerprint density at radius 3 is 2.80 bits per heavy atom. The summed E-state index contributed by atoms with van der Waals surface area (Å²) < 4.78 is 5.28. The number of aromatic nitrogens is 3. The van der Waals surface area contributed by atoms with Crippen LogP contribution < -0.4 is 15.4 Å². The molecule has 6 nitrogen and oxygen atoms in total. The number of nitrogens with zero attached hydrogens (tertiary/aromatic N) is 4. The Kier molecular flexibility index (Phi) is 3.37. The van der Waals surface area contributed by atoms with E-state index in [1.807, 2.05) is 12.1 Å². The molecule has 0 aromatic carbocycles. The molecule has 3 rings (SSSR count). The van der Waals surface area contributed by atoms with Crippen molar-refractivity contribution < 1.29 is 4.74 Å². The molecule has 1 aliphatic rings. The van der Waals surface area contributed by atoms with E-state index in [9.17, 15) is 0 Å². The first-order chi connectivity index (χ1) is 9.78. The maximum atomic E-state index is 5.92. The molecule has 104 valence electrons. The lowest BCUT2D eigenvalue weighted by Crippen LogP contribution is -2.21. The second kappa shape index (κ2) is 5.32. The number of methoxy groups -OCH3 is 1.